The van der Waals surface area contributed by atoms with Crippen LogP contribution in [0.3, 0.4) is 0 Å². The topological polar surface area (TPSA) is 41.6 Å². The van der Waals surface area contributed by atoms with Crippen LogP contribution >= 0.6 is 0 Å². The Kier molecular flexibility index (Phi) is 3.59. The van der Waals surface area contributed by atoms with Gasteiger partial charge >= 0.3 is 6.09 Å². The minimum absolute atomic E-state index is 0.0293. The molecule has 4 nitrogen and oxygen atoms in total. The molecule has 0 aliphatic carbocycles. The van der Waals surface area contributed by atoms with E-state index in [0.717, 1.165) is 13.1 Å². The Hall–Kier alpha value is -1.21. The van der Waals surface area contributed by atoms with Gasteiger partial charge in [0, 0.05) is 18.6 Å². The minimum atomic E-state index is -0.425. The van der Waals surface area contributed by atoms with Gasteiger partial charge in [-0.3, -0.25) is 4.90 Å². The summed E-state index contributed by atoms with van der Waals surface area (Å²) in [5.41, 5.74) is 0.168. The highest BCUT2D eigenvalue weighted by Gasteiger charge is 2.35. The molecule has 1 amide bonds. The molecular weight excluding hydrogens is 192 g/mol. The standard InChI is InChI=1S/C11H18N2O2/c1-5-6-15-10(14)12-9-7-13(8-9)11(2,3)4/h1,9H,6-8H2,2-4H3,(H,12,14). The summed E-state index contributed by atoms with van der Waals surface area (Å²) >= 11 is 0. The number of rotatable bonds is 2. The SMILES string of the molecule is C#CCOC(=O)NC1CN(C(C)(C)C)C1. The molecule has 1 N–H and O–H groups in total. The van der Waals surface area contributed by atoms with E-state index in [2.05, 4.69) is 36.9 Å². The molecule has 0 saturated carbocycles. The van der Waals surface area contributed by atoms with Crippen LogP contribution in [0.1, 0.15) is 20.8 Å². The predicted molar refractivity (Wildman–Crippen MR) is 58.4 cm³/mol. The van der Waals surface area contributed by atoms with Crippen molar-refractivity contribution >= 4 is 6.09 Å². The summed E-state index contributed by atoms with van der Waals surface area (Å²) < 4.78 is 4.71. The largest absolute Gasteiger partial charge is 0.436 e. The fraction of sp³-hybridized carbons (Fsp3) is 0.727. The van der Waals surface area contributed by atoms with Crippen molar-refractivity contribution in [1.82, 2.24) is 10.2 Å². The molecule has 0 aromatic rings. The molecule has 0 aromatic carbocycles. The molecule has 1 rings (SSSR count). The van der Waals surface area contributed by atoms with Crippen molar-refractivity contribution < 1.29 is 9.53 Å². The van der Waals surface area contributed by atoms with E-state index < -0.39 is 6.09 Å². The number of hydrogen-bond acceptors (Lipinski definition) is 3. The third-order valence-corrected chi connectivity index (χ3v) is 2.44. The molecule has 0 aromatic heterocycles. The van der Waals surface area contributed by atoms with Gasteiger partial charge in [-0.15, -0.1) is 6.42 Å². The number of nitrogens with zero attached hydrogens (tertiary/aromatic N) is 1. The van der Waals surface area contributed by atoms with Crippen LogP contribution in [0.4, 0.5) is 4.79 Å². The summed E-state index contributed by atoms with van der Waals surface area (Å²) in [4.78, 5) is 13.4. The Morgan fingerprint density at radius 2 is 2.20 bits per heavy atom. The van der Waals surface area contributed by atoms with Crippen molar-refractivity contribution in [1.29, 1.82) is 0 Å². The molecule has 0 radical (unpaired) electrons. The first-order valence-corrected chi connectivity index (χ1v) is 5.05. The zero-order valence-electron chi connectivity index (χ0n) is 9.54. The number of carbonyl (C=O) groups is 1. The number of amides is 1. The van der Waals surface area contributed by atoms with E-state index in [9.17, 15) is 4.79 Å². The van der Waals surface area contributed by atoms with Crippen molar-refractivity contribution in [2.75, 3.05) is 19.7 Å². The first kappa shape index (κ1) is 11.9. The fourth-order valence-corrected chi connectivity index (χ4v) is 1.43. The van der Waals surface area contributed by atoms with Crippen molar-refractivity contribution in [3.8, 4) is 12.3 Å². The summed E-state index contributed by atoms with van der Waals surface area (Å²) in [7, 11) is 0. The van der Waals surface area contributed by atoms with Crippen LogP contribution in [-0.4, -0.2) is 42.3 Å². The lowest BCUT2D eigenvalue weighted by Gasteiger charge is -2.47. The number of nitrogens with one attached hydrogen (secondary N) is 1. The lowest BCUT2D eigenvalue weighted by atomic mass is 9.98. The second-order valence-electron chi connectivity index (χ2n) is 4.70. The molecule has 1 aliphatic heterocycles. The third kappa shape index (κ3) is 3.45. The number of ether oxygens (including phenoxy) is 1. The van der Waals surface area contributed by atoms with Gasteiger partial charge in [0.05, 0.1) is 6.04 Å². The Balaban J connectivity index is 2.18. The lowest BCUT2D eigenvalue weighted by molar-refractivity contribution is 0.0334. The lowest BCUT2D eigenvalue weighted by Crippen LogP contribution is -2.64. The molecule has 0 bridgehead atoms. The van der Waals surface area contributed by atoms with Crippen molar-refractivity contribution in [2.24, 2.45) is 0 Å². The number of hydrogen-bond donors (Lipinski definition) is 1. The molecule has 1 heterocycles. The van der Waals surface area contributed by atoms with Gasteiger partial charge in [-0.2, -0.15) is 0 Å². The molecule has 1 fully saturated rings. The van der Waals surface area contributed by atoms with Crippen molar-refractivity contribution in [3.05, 3.63) is 0 Å². The molecule has 1 aliphatic rings. The number of likely N-dealkylation sites (tertiary alicyclic amines) is 1. The monoisotopic (exact) mass is 210 g/mol. The van der Waals surface area contributed by atoms with Crippen LogP contribution in [0.2, 0.25) is 0 Å². The van der Waals surface area contributed by atoms with Crippen LogP contribution in [0.5, 0.6) is 0 Å². The average molecular weight is 210 g/mol. The van der Waals surface area contributed by atoms with E-state index >= 15 is 0 Å². The quantitative estimate of drug-likeness (QED) is 0.686. The van der Waals surface area contributed by atoms with Gasteiger partial charge in [-0.25, -0.2) is 4.79 Å². The first-order chi connectivity index (χ1) is 6.93. The Bertz CT molecular complexity index is 269. The van der Waals surface area contributed by atoms with Crippen LogP contribution in [0.15, 0.2) is 0 Å². The molecule has 1 saturated heterocycles. The zero-order chi connectivity index (χ0) is 11.5. The number of carbonyl (C=O) groups excluding carboxylic acids is 1. The van der Waals surface area contributed by atoms with Gasteiger partial charge in [0.1, 0.15) is 0 Å². The van der Waals surface area contributed by atoms with E-state index in [4.69, 9.17) is 11.2 Å². The maximum absolute atomic E-state index is 11.1. The average Bonchev–Trinajstić information content (AvgIpc) is 2.04. The normalized spacial score (nSPS) is 17.7. The van der Waals surface area contributed by atoms with Gasteiger partial charge < -0.3 is 10.1 Å². The van der Waals surface area contributed by atoms with E-state index in [0.29, 0.717) is 0 Å². The van der Waals surface area contributed by atoms with Crippen molar-refractivity contribution in [3.63, 3.8) is 0 Å². The van der Waals surface area contributed by atoms with Crippen LogP contribution < -0.4 is 5.32 Å². The fourth-order valence-electron chi connectivity index (χ4n) is 1.43. The second-order valence-corrected chi connectivity index (χ2v) is 4.70. The first-order valence-electron chi connectivity index (χ1n) is 5.05. The summed E-state index contributed by atoms with van der Waals surface area (Å²) in [6.07, 6.45) is 4.55. The maximum Gasteiger partial charge on any atom is 0.408 e. The van der Waals surface area contributed by atoms with E-state index in [1.807, 2.05) is 0 Å². The smallest absolute Gasteiger partial charge is 0.408 e. The Morgan fingerprint density at radius 3 is 2.67 bits per heavy atom. The van der Waals surface area contributed by atoms with E-state index in [1.165, 1.54) is 0 Å². The predicted octanol–water partition coefficient (Wildman–Crippen LogP) is 0.828. The summed E-state index contributed by atoms with van der Waals surface area (Å²) in [6.45, 7) is 8.23. The summed E-state index contributed by atoms with van der Waals surface area (Å²) in [6, 6.07) is 0.189. The second kappa shape index (κ2) is 4.54. The minimum Gasteiger partial charge on any atom is -0.436 e. The highest BCUT2D eigenvalue weighted by molar-refractivity contribution is 5.68. The molecule has 4 heteroatoms. The van der Waals surface area contributed by atoms with E-state index in [-0.39, 0.29) is 18.2 Å². The Morgan fingerprint density at radius 1 is 1.60 bits per heavy atom. The maximum atomic E-state index is 11.1. The molecule has 15 heavy (non-hydrogen) atoms. The Labute approximate surface area is 91.0 Å². The molecule has 84 valence electrons. The molecule has 0 unspecified atom stereocenters. The zero-order valence-corrected chi connectivity index (χ0v) is 9.54. The molecule has 0 atom stereocenters. The van der Waals surface area contributed by atoms with Crippen LogP contribution in [0.25, 0.3) is 0 Å². The van der Waals surface area contributed by atoms with Crippen LogP contribution in [-0.2, 0) is 4.74 Å². The number of alkyl carbamates (subject to hydrolysis) is 1. The summed E-state index contributed by atoms with van der Waals surface area (Å²) in [5, 5.41) is 2.75. The van der Waals surface area contributed by atoms with Gasteiger partial charge in [0.15, 0.2) is 6.61 Å². The van der Waals surface area contributed by atoms with E-state index in [1.54, 1.807) is 0 Å². The highest BCUT2D eigenvalue weighted by Crippen LogP contribution is 2.20. The van der Waals surface area contributed by atoms with Gasteiger partial charge in [-0.05, 0) is 20.8 Å². The summed E-state index contributed by atoms with van der Waals surface area (Å²) in [5.74, 6) is 2.25. The highest BCUT2D eigenvalue weighted by atomic mass is 16.5. The molecule has 0 spiro atoms. The molecular formula is C11H18N2O2. The third-order valence-electron chi connectivity index (χ3n) is 2.44. The van der Waals surface area contributed by atoms with Gasteiger partial charge in [0.2, 0.25) is 0 Å². The van der Waals surface area contributed by atoms with Crippen molar-refractivity contribution in [2.45, 2.75) is 32.4 Å². The van der Waals surface area contributed by atoms with Gasteiger partial charge in [-0.1, -0.05) is 5.92 Å². The van der Waals surface area contributed by atoms with Gasteiger partial charge in [0.25, 0.3) is 0 Å². The van der Waals surface area contributed by atoms with Crippen LogP contribution in [0, 0.1) is 12.3 Å². The number of terminal acetylenes is 1.